The number of hydrogen-bond donors (Lipinski definition) is 0. The third-order valence-electron chi connectivity index (χ3n) is 9.24. The minimum Gasteiger partial charge on any atom is -0.0654 e. The van der Waals surface area contributed by atoms with Crippen LogP contribution in [0.2, 0.25) is 0 Å². The zero-order valence-electron chi connectivity index (χ0n) is 27.3. The molecule has 0 aliphatic carbocycles. The van der Waals surface area contributed by atoms with E-state index in [1.54, 1.807) is 11.1 Å². The van der Waals surface area contributed by atoms with Crippen LogP contribution in [0.1, 0.15) is 207 Å². The van der Waals surface area contributed by atoms with Crippen LogP contribution >= 0.6 is 0 Å². The van der Waals surface area contributed by atoms with Gasteiger partial charge in [0.25, 0.3) is 0 Å². The second-order valence-electron chi connectivity index (χ2n) is 13.9. The Morgan fingerprint density at radius 3 is 0.947 bits per heavy atom. The van der Waals surface area contributed by atoms with E-state index >= 15 is 0 Å². The van der Waals surface area contributed by atoms with Gasteiger partial charge >= 0.3 is 0 Å². The molecule has 1 aromatic carbocycles. The van der Waals surface area contributed by atoms with Crippen molar-refractivity contribution in [2.24, 2.45) is 0 Å². The predicted octanol–water partition coefficient (Wildman–Crippen LogP) is 13.6. The molecule has 0 N–H and O–H groups in total. The summed E-state index contributed by atoms with van der Waals surface area (Å²) in [5, 5.41) is 0. The van der Waals surface area contributed by atoms with E-state index in [1.165, 1.54) is 154 Å². The largest absolute Gasteiger partial charge is 0.0654 e. The van der Waals surface area contributed by atoms with Gasteiger partial charge in [-0.15, -0.1) is 0 Å². The standard InChI is InChI=1S/C38H70/c1-7-9-11-13-15-17-19-21-23-25-27-32-37(3,4)35-30-29-31-36(34-35)38(5,6)33-28-26-24-22-20-18-16-14-12-10-8-2/h29-31,34H,7-28,32-33H2,1-6H3. The van der Waals surface area contributed by atoms with Crippen molar-refractivity contribution in [3.8, 4) is 0 Å². The van der Waals surface area contributed by atoms with Crippen LogP contribution in [0.3, 0.4) is 0 Å². The molecule has 0 unspecified atom stereocenters. The summed E-state index contributed by atoms with van der Waals surface area (Å²) < 4.78 is 0. The van der Waals surface area contributed by atoms with Crippen molar-refractivity contribution in [1.29, 1.82) is 0 Å². The minimum absolute atomic E-state index is 0.280. The van der Waals surface area contributed by atoms with E-state index in [9.17, 15) is 0 Å². The highest BCUT2D eigenvalue weighted by atomic mass is 14.3. The van der Waals surface area contributed by atoms with Crippen LogP contribution in [0.15, 0.2) is 24.3 Å². The first-order chi connectivity index (χ1) is 18.3. The molecule has 0 spiro atoms. The molecule has 222 valence electrons. The van der Waals surface area contributed by atoms with Gasteiger partial charge in [-0.3, -0.25) is 0 Å². The Kier molecular flexibility index (Phi) is 20.4. The summed E-state index contributed by atoms with van der Waals surface area (Å²) in [6.45, 7) is 14.5. The fourth-order valence-corrected chi connectivity index (χ4v) is 6.11. The highest BCUT2D eigenvalue weighted by molar-refractivity contribution is 5.33. The summed E-state index contributed by atoms with van der Waals surface area (Å²) in [6.07, 6.45) is 34.0. The van der Waals surface area contributed by atoms with Crippen LogP contribution < -0.4 is 0 Å². The Morgan fingerprint density at radius 2 is 0.658 bits per heavy atom. The molecule has 0 fully saturated rings. The number of benzene rings is 1. The lowest BCUT2D eigenvalue weighted by Gasteiger charge is -2.30. The van der Waals surface area contributed by atoms with Crippen molar-refractivity contribution in [3.63, 3.8) is 0 Å². The average Bonchev–Trinajstić information content (AvgIpc) is 2.90. The van der Waals surface area contributed by atoms with E-state index < -0.39 is 0 Å². The summed E-state index contributed by atoms with van der Waals surface area (Å²) in [5.74, 6) is 0. The summed E-state index contributed by atoms with van der Waals surface area (Å²) in [4.78, 5) is 0. The molecule has 1 aromatic rings. The first-order valence-electron chi connectivity index (χ1n) is 17.4. The lowest BCUT2D eigenvalue weighted by Crippen LogP contribution is -2.21. The van der Waals surface area contributed by atoms with Crippen molar-refractivity contribution in [1.82, 2.24) is 0 Å². The normalized spacial score (nSPS) is 12.4. The summed E-state index contributed by atoms with van der Waals surface area (Å²) >= 11 is 0. The first-order valence-corrected chi connectivity index (χ1v) is 17.4. The molecule has 0 aliphatic rings. The summed E-state index contributed by atoms with van der Waals surface area (Å²) in [6, 6.07) is 9.66. The lowest BCUT2D eigenvalue weighted by molar-refractivity contribution is 0.429. The van der Waals surface area contributed by atoms with Gasteiger partial charge in [-0.2, -0.15) is 0 Å². The maximum absolute atomic E-state index is 2.55. The van der Waals surface area contributed by atoms with Gasteiger partial charge in [-0.25, -0.2) is 0 Å². The van der Waals surface area contributed by atoms with E-state index in [0.29, 0.717) is 0 Å². The van der Waals surface area contributed by atoms with Crippen LogP contribution in [0, 0.1) is 0 Å². The molecule has 0 aromatic heterocycles. The number of hydrogen-bond acceptors (Lipinski definition) is 0. The molecule has 0 amide bonds. The maximum atomic E-state index is 2.55. The topological polar surface area (TPSA) is 0 Å². The predicted molar refractivity (Wildman–Crippen MR) is 175 cm³/mol. The lowest BCUT2D eigenvalue weighted by atomic mass is 9.75. The Labute approximate surface area is 241 Å². The molecular weight excluding hydrogens is 456 g/mol. The third kappa shape index (κ3) is 17.0. The highest BCUT2D eigenvalue weighted by Gasteiger charge is 2.24. The van der Waals surface area contributed by atoms with Crippen LogP contribution in [0.5, 0.6) is 0 Å². The maximum Gasteiger partial charge on any atom is -0.0103 e. The minimum atomic E-state index is 0.280. The van der Waals surface area contributed by atoms with Gasteiger partial charge in [0.1, 0.15) is 0 Å². The number of unbranched alkanes of at least 4 members (excludes halogenated alkanes) is 20. The van der Waals surface area contributed by atoms with Crippen molar-refractivity contribution in [2.75, 3.05) is 0 Å². The third-order valence-corrected chi connectivity index (χ3v) is 9.24. The van der Waals surface area contributed by atoms with Crippen molar-refractivity contribution in [2.45, 2.75) is 206 Å². The molecule has 0 heterocycles. The zero-order valence-corrected chi connectivity index (χ0v) is 27.3. The van der Waals surface area contributed by atoms with Crippen LogP contribution in [-0.2, 0) is 10.8 Å². The van der Waals surface area contributed by atoms with E-state index in [-0.39, 0.29) is 10.8 Å². The van der Waals surface area contributed by atoms with Gasteiger partial charge in [0.15, 0.2) is 0 Å². The summed E-state index contributed by atoms with van der Waals surface area (Å²) in [7, 11) is 0. The molecule has 0 heteroatoms. The fourth-order valence-electron chi connectivity index (χ4n) is 6.11. The smallest absolute Gasteiger partial charge is 0.0103 e. The van der Waals surface area contributed by atoms with Gasteiger partial charge in [0, 0.05) is 0 Å². The first kappa shape index (κ1) is 35.2. The Hall–Kier alpha value is -0.780. The van der Waals surface area contributed by atoms with Crippen molar-refractivity contribution >= 4 is 0 Å². The quantitative estimate of drug-likeness (QED) is 0.105. The van der Waals surface area contributed by atoms with Gasteiger partial charge in [-0.05, 0) is 34.8 Å². The van der Waals surface area contributed by atoms with Crippen LogP contribution in [0.25, 0.3) is 0 Å². The Bertz CT molecular complexity index is 599. The number of rotatable bonds is 26. The van der Waals surface area contributed by atoms with E-state index in [4.69, 9.17) is 0 Å². The van der Waals surface area contributed by atoms with E-state index in [1.807, 2.05) is 0 Å². The van der Waals surface area contributed by atoms with Crippen LogP contribution in [0.4, 0.5) is 0 Å². The van der Waals surface area contributed by atoms with Crippen molar-refractivity contribution < 1.29 is 0 Å². The highest BCUT2D eigenvalue weighted by Crippen LogP contribution is 2.35. The van der Waals surface area contributed by atoms with Gasteiger partial charge < -0.3 is 0 Å². The zero-order chi connectivity index (χ0) is 28.0. The molecule has 0 nitrogen and oxygen atoms in total. The second kappa shape index (κ2) is 22.0. The molecule has 0 radical (unpaired) electrons. The fraction of sp³-hybridized carbons (Fsp3) is 0.842. The molecular formula is C38H70. The Balaban J connectivity index is 2.26. The molecule has 0 aliphatic heterocycles. The summed E-state index contributed by atoms with van der Waals surface area (Å²) in [5.41, 5.74) is 3.66. The van der Waals surface area contributed by atoms with Gasteiger partial charge in [0.2, 0.25) is 0 Å². The van der Waals surface area contributed by atoms with Gasteiger partial charge in [0.05, 0.1) is 0 Å². The second-order valence-corrected chi connectivity index (χ2v) is 13.9. The molecule has 38 heavy (non-hydrogen) atoms. The molecule has 0 bridgehead atoms. The van der Waals surface area contributed by atoms with E-state index in [0.717, 1.165) is 0 Å². The average molecular weight is 527 g/mol. The van der Waals surface area contributed by atoms with Crippen molar-refractivity contribution in [3.05, 3.63) is 35.4 Å². The van der Waals surface area contributed by atoms with Crippen LogP contribution in [-0.4, -0.2) is 0 Å². The Morgan fingerprint density at radius 1 is 0.395 bits per heavy atom. The molecule has 0 saturated heterocycles. The SMILES string of the molecule is CCCCCCCCCCCCCC(C)(C)c1cccc(C(C)(C)CCCCCCCCCCCCC)c1. The van der Waals surface area contributed by atoms with Gasteiger partial charge in [-0.1, -0.05) is 207 Å². The molecule has 0 atom stereocenters. The molecule has 1 rings (SSSR count). The van der Waals surface area contributed by atoms with E-state index in [2.05, 4.69) is 65.8 Å². The monoisotopic (exact) mass is 527 g/mol. The molecule has 0 saturated carbocycles.